The van der Waals surface area contributed by atoms with E-state index in [2.05, 4.69) is 15.5 Å². The van der Waals surface area contributed by atoms with Gasteiger partial charge in [0.15, 0.2) is 0 Å². The highest BCUT2D eigenvalue weighted by atomic mass is 32.1. The van der Waals surface area contributed by atoms with Crippen molar-refractivity contribution in [1.82, 2.24) is 15.0 Å². The first-order valence-electron chi connectivity index (χ1n) is 11.7. The Bertz CT molecular complexity index is 1690. The van der Waals surface area contributed by atoms with Gasteiger partial charge in [-0.2, -0.15) is 5.10 Å². The maximum absolute atomic E-state index is 13.3. The van der Waals surface area contributed by atoms with Gasteiger partial charge < -0.3 is 4.74 Å². The summed E-state index contributed by atoms with van der Waals surface area (Å²) >= 11 is 1.57. The number of nitrogens with one attached hydrogen (secondary N) is 1. The van der Waals surface area contributed by atoms with Gasteiger partial charge in [-0.15, -0.1) is 11.3 Å². The molecule has 0 unspecified atom stereocenters. The first-order valence-corrected chi connectivity index (χ1v) is 12.6. The number of hydrazone groups is 1. The highest BCUT2D eigenvalue weighted by molar-refractivity contribution is 7.18. The Morgan fingerprint density at radius 3 is 2.44 bits per heavy atom. The van der Waals surface area contributed by atoms with Gasteiger partial charge in [0.1, 0.15) is 11.2 Å². The summed E-state index contributed by atoms with van der Waals surface area (Å²) in [4.78, 5) is 53.3. The molecular formula is C25H20N6O7S. The first-order chi connectivity index (χ1) is 18.8. The molecule has 198 valence electrons. The summed E-state index contributed by atoms with van der Waals surface area (Å²) in [7, 11) is 1.09. The molecule has 1 aliphatic rings. The number of carbonyl (C=O) groups excluding carboxylic acids is 1. The normalized spacial score (nSPS) is 12.8. The minimum atomic E-state index is -0.811. The molecule has 0 saturated heterocycles. The number of nitro groups is 2. The largest absolute Gasteiger partial charge is 0.485 e. The van der Waals surface area contributed by atoms with Crippen LogP contribution in [0.2, 0.25) is 0 Å². The molecule has 0 saturated carbocycles. The number of fused-ring (bicyclic) bond motifs is 3. The van der Waals surface area contributed by atoms with E-state index in [4.69, 9.17) is 4.74 Å². The van der Waals surface area contributed by atoms with Gasteiger partial charge in [-0.3, -0.25) is 34.4 Å². The number of hydrogen-bond donors (Lipinski definition) is 1. The van der Waals surface area contributed by atoms with Crippen LogP contribution in [0.4, 0.5) is 11.4 Å². The Morgan fingerprint density at radius 2 is 1.79 bits per heavy atom. The van der Waals surface area contributed by atoms with E-state index < -0.39 is 32.9 Å². The third-order valence-corrected chi connectivity index (χ3v) is 7.53. The number of thiophene rings is 1. The zero-order valence-electron chi connectivity index (χ0n) is 20.4. The molecule has 2 aromatic heterocycles. The third-order valence-electron chi connectivity index (χ3n) is 6.33. The third kappa shape index (κ3) is 4.84. The number of benzene rings is 2. The van der Waals surface area contributed by atoms with Crippen LogP contribution in [0.15, 0.2) is 52.6 Å². The summed E-state index contributed by atoms with van der Waals surface area (Å²) in [6, 6.07) is 8.35. The minimum Gasteiger partial charge on any atom is -0.485 e. The van der Waals surface area contributed by atoms with Gasteiger partial charge in [-0.25, -0.2) is 10.4 Å². The quantitative estimate of drug-likeness (QED) is 0.206. The lowest BCUT2D eigenvalue weighted by molar-refractivity contribution is -0.395. The number of amides is 1. The van der Waals surface area contributed by atoms with Gasteiger partial charge >= 0.3 is 11.4 Å². The van der Waals surface area contributed by atoms with Crippen molar-refractivity contribution in [3.63, 3.8) is 0 Å². The maximum Gasteiger partial charge on any atom is 0.318 e. The number of aromatic nitrogens is 2. The SMILES string of the molecule is COc1c([N+](=O)[O-])cc(/C=N\NC(=O)c2ccc(-n3cnc4sc5c(c4c3=O)CCCC5)cc2)cc1[N+](=O)[O-]. The van der Waals surface area contributed by atoms with Crippen molar-refractivity contribution in [2.24, 2.45) is 5.10 Å². The average molecular weight is 549 g/mol. The fourth-order valence-corrected chi connectivity index (χ4v) is 5.73. The second-order valence-electron chi connectivity index (χ2n) is 8.66. The number of aryl methyl sites for hydroxylation is 2. The van der Waals surface area contributed by atoms with Crippen LogP contribution in [0.5, 0.6) is 5.75 Å². The number of ether oxygens (including phenoxy) is 1. The molecule has 13 nitrogen and oxygen atoms in total. The first kappa shape index (κ1) is 25.7. The molecule has 14 heteroatoms. The van der Waals surface area contributed by atoms with Crippen molar-refractivity contribution in [2.45, 2.75) is 25.7 Å². The predicted molar refractivity (Wildman–Crippen MR) is 143 cm³/mol. The van der Waals surface area contributed by atoms with Crippen LogP contribution in [-0.2, 0) is 12.8 Å². The molecule has 0 fully saturated rings. The molecule has 2 aromatic carbocycles. The number of nitrogens with zero attached hydrogens (tertiary/aromatic N) is 5. The van der Waals surface area contributed by atoms with Crippen molar-refractivity contribution in [2.75, 3.05) is 7.11 Å². The highest BCUT2D eigenvalue weighted by Gasteiger charge is 2.27. The standard InChI is InChI=1S/C25H20N6O7S/c1-38-22-18(30(34)35)10-14(11-19(22)31(36)37)12-27-28-23(32)15-6-8-16(9-7-15)29-13-26-24-21(25(29)33)17-4-2-3-5-20(17)39-24/h6-13H,2-5H2,1H3,(H,28,32)/b27-12-. The molecule has 0 radical (unpaired) electrons. The van der Waals surface area contributed by atoms with Gasteiger partial charge in [0, 0.05) is 28.1 Å². The van der Waals surface area contributed by atoms with Gasteiger partial charge in [-0.1, -0.05) is 0 Å². The Morgan fingerprint density at radius 1 is 1.13 bits per heavy atom. The summed E-state index contributed by atoms with van der Waals surface area (Å²) < 4.78 is 6.27. The van der Waals surface area contributed by atoms with Crippen LogP contribution in [0, 0.1) is 20.2 Å². The molecule has 4 aromatic rings. The number of methoxy groups -OCH3 is 1. The van der Waals surface area contributed by atoms with Crippen LogP contribution in [0.1, 0.15) is 39.2 Å². The summed E-state index contributed by atoms with van der Waals surface area (Å²) in [5, 5.41) is 27.0. The molecule has 1 amide bonds. The number of carbonyl (C=O) groups is 1. The van der Waals surface area contributed by atoms with Crippen LogP contribution in [0.3, 0.4) is 0 Å². The van der Waals surface area contributed by atoms with E-state index in [0.29, 0.717) is 11.1 Å². The number of hydrogen-bond acceptors (Lipinski definition) is 10. The molecule has 5 rings (SSSR count). The van der Waals surface area contributed by atoms with E-state index >= 15 is 0 Å². The van der Waals surface area contributed by atoms with Gasteiger partial charge in [0.25, 0.3) is 17.2 Å². The van der Waals surface area contributed by atoms with E-state index in [9.17, 15) is 29.8 Å². The maximum atomic E-state index is 13.3. The zero-order valence-corrected chi connectivity index (χ0v) is 21.3. The molecule has 39 heavy (non-hydrogen) atoms. The molecular weight excluding hydrogens is 528 g/mol. The molecule has 1 N–H and O–H groups in total. The number of nitro benzene ring substituents is 2. The van der Waals surface area contributed by atoms with Gasteiger partial charge in [0.05, 0.1) is 34.2 Å². The van der Waals surface area contributed by atoms with E-state index in [1.54, 1.807) is 23.5 Å². The number of rotatable bonds is 7. The van der Waals surface area contributed by atoms with Crippen LogP contribution >= 0.6 is 11.3 Å². The molecule has 0 bridgehead atoms. The van der Waals surface area contributed by atoms with E-state index in [1.807, 2.05) is 0 Å². The summed E-state index contributed by atoms with van der Waals surface area (Å²) in [5.74, 6) is -1.08. The van der Waals surface area contributed by atoms with Crippen molar-refractivity contribution < 1.29 is 19.4 Å². The Balaban J connectivity index is 1.35. The lowest BCUT2D eigenvalue weighted by atomic mass is 9.97. The Kier molecular flexibility index (Phi) is 6.85. The molecule has 0 atom stereocenters. The van der Waals surface area contributed by atoms with E-state index in [1.165, 1.54) is 27.9 Å². The van der Waals surface area contributed by atoms with E-state index in [0.717, 1.165) is 61.5 Å². The minimum absolute atomic E-state index is 0.0164. The topological polar surface area (TPSA) is 172 Å². The van der Waals surface area contributed by atoms with Crippen LogP contribution < -0.4 is 15.7 Å². The fourth-order valence-electron chi connectivity index (χ4n) is 4.51. The van der Waals surface area contributed by atoms with Gasteiger partial charge in [0.2, 0.25) is 0 Å². The van der Waals surface area contributed by atoms with Crippen molar-refractivity contribution >= 4 is 45.0 Å². The highest BCUT2D eigenvalue weighted by Crippen LogP contribution is 2.37. The smallest absolute Gasteiger partial charge is 0.318 e. The molecule has 1 aliphatic carbocycles. The lowest BCUT2D eigenvalue weighted by Crippen LogP contribution is -2.20. The second-order valence-corrected chi connectivity index (χ2v) is 9.75. The monoisotopic (exact) mass is 548 g/mol. The van der Waals surface area contributed by atoms with Crippen LogP contribution in [-0.4, -0.2) is 38.6 Å². The predicted octanol–water partition coefficient (Wildman–Crippen LogP) is 3.91. The fraction of sp³-hybridized carbons (Fsp3) is 0.200. The van der Waals surface area contributed by atoms with Crippen molar-refractivity contribution in [1.29, 1.82) is 0 Å². The van der Waals surface area contributed by atoms with Gasteiger partial charge in [-0.05, 0) is 55.5 Å². The Labute approximate surface area is 223 Å². The molecule has 0 aliphatic heterocycles. The lowest BCUT2D eigenvalue weighted by Gasteiger charge is -2.10. The summed E-state index contributed by atoms with van der Waals surface area (Å²) in [5.41, 5.74) is 2.80. The van der Waals surface area contributed by atoms with E-state index in [-0.39, 0.29) is 16.7 Å². The summed E-state index contributed by atoms with van der Waals surface area (Å²) in [6.07, 6.45) is 6.53. The summed E-state index contributed by atoms with van der Waals surface area (Å²) in [6.45, 7) is 0. The van der Waals surface area contributed by atoms with Crippen LogP contribution in [0.25, 0.3) is 15.9 Å². The molecule has 0 spiro atoms. The van der Waals surface area contributed by atoms with Crippen molar-refractivity contribution in [3.05, 3.63) is 94.9 Å². The van der Waals surface area contributed by atoms with Crippen molar-refractivity contribution in [3.8, 4) is 11.4 Å². The zero-order chi connectivity index (χ0) is 27.7. The second kappa shape index (κ2) is 10.4. The molecule has 2 heterocycles. The Hall–Kier alpha value is -4.98. The average Bonchev–Trinajstić information content (AvgIpc) is 3.32.